The van der Waals surface area contributed by atoms with Crippen LogP contribution in [0.4, 0.5) is 13.2 Å². The fraction of sp³-hybridized carbons (Fsp3) is 0.500. The fourth-order valence-corrected chi connectivity index (χ4v) is 1.53. The van der Waals surface area contributed by atoms with Crippen molar-refractivity contribution in [2.45, 2.75) is 31.4 Å². The standard InChI is InChI=1S/C12H16F3NO2.ClH/c1-7(16)8-4-3-5-9(10(8)13)12(14,15)11(2,18)6-17;/h3-5,7,17-18H,6,16H2,1-2H3;1H/t7-,11?;/m1./s1. The lowest BCUT2D eigenvalue weighted by Crippen LogP contribution is -2.47. The van der Waals surface area contributed by atoms with E-state index < -0.39 is 35.6 Å². The first-order chi connectivity index (χ1) is 8.15. The van der Waals surface area contributed by atoms with Crippen molar-refractivity contribution >= 4 is 12.4 Å². The molecule has 0 aromatic heterocycles. The first kappa shape index (κ1) is 18.2. The number of nitrogens with two attached hydrogens (primary N) is 1. The van der Waals surface area contributed by atoms with Gasteiger partial charge in [-0.15, -0.1) is 12.4 Å². The number of aliphatic hydroxyl groups is 2. The predicted octanol–water partition coefficient (Wildman–Crippen LogP) is 2.10. The Bertz CT molecular complexity index is 439. The molecule has 0 heterocycles. The SMILES string of the molecule is C[C@@H](N)c1cccc(C(F)(F)C(C)(O)CO)c1F.Cl. The van der Waals surface area contributed by atoms with Crippen molar-refractivity contribution < 1.29 is 23.4 Å². The van der Waals surface area contributed by atoms with Gasteiger partial charge in [0.15, 0.2) is 5.60 Å². The zero-order valence-corrected chi connectivity index (χ0v) is 11.3. The summed E-state index contributed by atoms with van der Waals surface area (Å²) < 4.78 is 41.8. The van der Waals surface area contributed by atoms with Crippen molar-refractivity contribution in [1.82, 2.24) is 0 Å². The number of hydrogen-bond donors (Lipinski definition) is 3. The third-order valence-electron chi connectivity index (χ3n) is 2.84. The summed E-state index contributed by atoms with van der Waals surface area (Å²) in [6, 6.07) is 2.65. The van der Waals surface area contributed by atoms with E-state index in [0.29, 0.717) is 0 Å². The van der Waals surface area contributed by atoms with Crippen LogP contribution in [0.2, 0.25) is 0 Å². The minimum Gasteiger partial charge on any atom is -0.393 e. The molecule has 0 aliphatic rings. The molecule has 0 radical (unpaired) electrons. The smallest absolute Gasteiger partial charge is 0.306 e. The number of alkyl halides is 2. The van der Waals surface area contributed by atoms with E-state index in [-0.39, 0.29) is 18.0 Å². The summed E-state index contributed by atoms with van der Waals surface area (Å²) in [7, 11) is 0. The van der Waals surface area contributed by atoms with Gasteiger partial charge in [-0.05, 0) is 19.9 Å². The molecule has 0 spiro atoms. The van der Waals surface area contributed by atoms with Gasteiger partial charge in [-0.2, -0.15) is 8.78 Å². The van der Waals surface area contributed by atoms with E-state index in [1.807, 2.05) is 0 Å². The second-order valence-electron chi connectivity index (χ2n) is 4.50. The number of halogens is 4. The molecule has 1 unspecified atom stereocenters. The van der Waals surface area contributed by atoms with Gasteiger partial charge < -0.3 is 15.9 Å². The fourth-order valence-electron chi connectivity index (χ4n) is 1.53. The molecule has 19 heavy (non-hydrogen) atoms. The molecule has 0 saturated carbocycles. The van der Waals surface area contributed by atoms with Crippen LogP contribution in [0.15, 0.2) is 18.2 Å². The highest BCUT2D eigenvalue weighted by Crippen LogP contribution is 2.40. The van der Waals surface area contributed by atoms with Gasteiger partial charge in [0.1, 0.15) is 5.82 Å². The maximum Gasteiger partial charge on any atom is 0.306 e. The van der Waals surface area contributed by atoms with Gasteiger partial charge in [-0.1, -0.05) is 12.1 Å². The van der Waals surface area contributed by atoms with Crippen molar-refractivity contribution in [2.24, 2.45) is 5.73 Å². The third kappa shape index (κ3) is 3.20. The molecule has 1 aromatic rings. The molecule has 0 fully saturated rings. The van der Waals surface area contributed by atoms with Gasteiger partial charge in [0.05, 0.1) is 12.2 Å². The maximum absolute atomic E-state index is 13.9. The van der Waals surface area contributed by atoms with E-state index in [1.165, 1.54) is 19.1 Å². The Morgan fingerprint density at radius 1 is 1.37 bits per heavy atom. The molecule has 3 nitrogen and oxygen atoms in total. The third-order valence-corrected chi connectivity index (χ3v) is 2.84. The van der Waals surface area contributed by atoms with E-state index in [0.717, 1.165) is 13.0 Å². The highest BCUT2D eigenvalue weighted by molar-refractivity contribution is 5.85. The van der Waals surface area contributed by atoms with Crippen LogP contribution in [-0.4, -0.2) is 22.4 Å². The summed E-state index contributed by atoms with van der Waals surface area (Å²) in [4.78, 5) is 0. The van der Waals surface area contributed by atoms with Crippen LogP contribution >= 0.6 is 12.4 Å². The second-order valence-corrected chi connectivity index (χ2v) is 4.50. The van der Waals surface area contributed by atoms with Gasteiger partial charge in [0.25, 0.3) is 0 Å². The van der Waals surface area contributed by atoms with Crippen LogP contribution in [0.3, 0.4) is 0 Å². The van der Waals surface area contributed by atoms with Gasteiger partial charge >= 0.3 is 5.92 Å². The summed E-state index contributed by atoms with van der Waals surface area (Å²) >= 11 is 0. The first-order valence-corrected chi connectivity index (χ1v) is 5.40. The van der Waals surface area contributed by atoms with E-state index in [1.54, 1.807) is 0 Å². The van der Waals surface area contributed by atoms with Gasteiger partial charge in [-0.25, -0.2) is 4.39 Å². The van der Waals surface area contributed by atoms with Crippen LogP contribution in [0.5, 0.6) is 0 Å². The average Bonchev–Trinajstić information content (AvgIpc) is 2.28. The lowest BCUT2D eigenvalue weighted by atomic mass is 9.90. The molecule has 0 bridgehead atoms. The second kappa shape index (κ2) is 6.09. The van der Waals surface area contributed by atoms with Crippen LogP contribution in [-0.2, 0) is 5.92 Å². The minimum atomic E-state index is -3.92. The summed E-state index contributed by atoms with van der Waals surface area (Å²) in [5, 5.41) is 18.2. The zero-order valence-electron chi connectivity index (χ0n) is 10.5. The Kier molecular flexibility index (Phi) is 5.83. The first-order valence-electron chi connectivity index (χ1n) is 5.40. The molecule has 0 amide bonds. The van der Waals surface area contributed by atoms with E-state index in [2.05, 4.69) is 0 Å². The largest absolute Gasteiger partial charge is 0.393 e. The maximum atomic E-state index is 13.9. The quantitative estimate of drug-likeness (QED) is 0.797. The van der Waals surface area contributed by atoms with Crippen molar-refractivity contribution in [2.75, 3.05) is 6.61 Å². The van der Waals surface area contributed by atoms with Crippen LogP contribution in [0.1, 0.15) is 31.0 Å². The summed E-state index contributed by atoms with van der Waals surface area (Å²) in [6.07, 6.45) is 0. The molecule has 0 saturated heterocycles. The summed E-state index contributed by atoms with van der Waals surface area (Å²) in [5.74, 6) is -5.08. The van der Waals surface area contributed by atoms with Crippen molar-refractivity contribution in [3.63, 3.8) is 0 Å². The van der Waals surface area contributed by atoms with Crippen LogP contribution in [0, 0.1) is 5.82 Å². The van der Waals surface area contributed by atoms with E-state index in [9.17, 15) is 18.3 Å². The summed E-state index contributed by atoms with van der Waals surface area (Å²) in [6.45, 7) is 1.01. The summed E-state index contributed by atoms with van der Waals surface area (Å²) in [5.41, 5.74) is 1.68. The zero-order chi connectivity index (χ0) is 14.1. The van der Waals surface area contributed by atoms with Gasteiger partial charge in [-0.3, -0.25) is 0 Å². The van der Waals surface area contributed by atoms with Crippen molar-refractivity contribution in [3.05, 3.63) is 35.1 Å². The molecule has 4 N–H and O–H groups in total. The highest BCUT2D eigenvalue weighted by Gasteiger charge is 2.51. The van der Waals surface area contributed by atoms with E-state index >= 15 is 0 Å². The molecule has 2 atom stereocenters. The number of aliphatic hydroxyl groups excluding tert-OH is 1. The Labute approximate surface area is 115 Å². The topological polar surface area (TPSA) is 66.5 Å². The highest BCUT2D eigenvalue weighted by atomic mass is 35.5. The average molecular weight is 300 g/mol. The molecule has 0 aliphatic heterocycles. The number of hydrogen-bond acceptors (Lipinski definition) is 3. The lowest BCUT2D eigenvalue weighted by molar-refractivity contribution is -0.197. The monoisotopic (exact) mass is 299 g/mol. The van der Waals surface area contributed by atoms with Crippen molar-refractivity contribution in [1.29, 1.82) is 0 Å². The van der Waals surface area contributed by atoms with Crippen LogP contribution < -0.4 is 5.73 Å². The minimum absolute atomic E-state index is 0. The van der Waals surface area contributed by atoms with E-state index in [4.69, 9.17) is 10.8 Å². The van der Waals surface area contributed by atoms with Crippen molar-refractivity contribution in [3.8, 4) is 0 Å². The Hall–Kier alpha value is -0.820. The number of rotatable bonds is 4. The number of benzene rings is 1. The molecule has 1 aromatic carbocycles. The Morgan fingerprint density at radius 3 is 2.32 bits per heavy atom. The molecule has 0 aliphatic carbocycles. The van der Waals surface area contributed by atoms with Gasteiger partial charge in [0, 0.05) is 11.6 Å². The Balaban J connectivity index is 0.00000324. The molecular formula is C12H17ClF3NO2. The molecular weight excluding hydrogens is 283 g/mol. The molecule has 110 valence electrons. The molecule has 7 heteroatoms. The lowest BCUT2D eigenvalue weighted by Gasteiger charge is -2.31. The van der Waals surface area contributed by atoms with Crippen LogP contribution in [0.25, 0.3) is 0 Å². The normalized spacial score (nSPS) is 16.4. The molecule has 1 rings (SSSR count). The predicted molar refractivity (Wildman–Crippen MR) is 67.9 cm³/mol. The van der Waals surface area contributed by atoms with Gasteiger partial charge in [0.2, 0.25) is 0 Å². The Morgan fingerprint density at radius 2 is 1.89 bits per heavy atom.